The molecule has 0 saturated carbocycles. The second-order valence-corrected chi connectivity index (χ2v) is 10.5. The van der Waals surface area contributed by atoms with Gasteiger partial charge in [0.2, 0.25) is 9.47 Å². The van der Waals surface area contributed by atoms with Crippen LogP contribution >= 0.6 is 11.3 Å². The van der Waals surface area contributed by atoms with E-state index in [1.165, 1.54) is 0 Å². The monoisotopic (exact) mass is 472 g/mol. The number of carbonyl (C=O) groups excluding carboxylic acids is 1. The van der Waals surface area contributed by atoms with E-state index in [1.54, 1.807) is 30.3 Å². The summed E-state index contributed by atoms with van der Waals surface area (Å²) in [5.41, 5.74) is 0.785. The van der Waals surface area contributed by atoms with Gasteiger partial charge in [0.25, 0.3) is 15.9 Å². The van der Waals surface area contributed by atoms with Crippen LogP contribution in [-0.4, -0.2) is 30.1 Å². The molecule has 1 atom stereocenters. The van der Waals surface area contributed by atoms with Crippen molar-refractivity contribution in [2.75, 3.05) is 5.32 Å². The van der Waals surface area contributed by atoms with E-state index < -0.39 is 21.7 Å². The zero-order valence-corrected chi connectivity index (χ0v) is 19.4. The predicted octanol–water partition coefficient (Wildman–Crippen LogP) is 4.15. The number of aromatic nitrogens is 2. The first-order valence-corrected chi connectivity index (χ1v) is 12.7. The lowest BCUT2D eigenvalue weighted by Gasteiger charge is -2.41. The van der Waals surface area contributed by atoms with Crippen LogP contribution in [0.3, 0.4) is 0 Å². The fourth-order valence-electron chi connectivity index (χ4n) is 3.77. The maximum atomic E-state index is 13.1. The second kappa shape index (κ2) is 8.97. The molecule has 2 N–H and O–H groups in total. The molecule has 168 valence electrons. The molecular formula is C22H24N4O4S2. The summed E-state index contributed by atoms with van der Waals surface area (Å²) in [6.45, 7) is 4.07. The average Bonchev–Trinajstić information content (AvgIpc) is 3.29. The van der Waals surface area contributed by atoms with E-state index in [2.05, 4.69) is 20.2 Å². The summed E-state index contributed by atoms with van der Waals surface area (Å²) in [5.74, 6) is 0.302. The Balaban J connectivity index is 1.55. The summed E-state index contributed by atoms with van der Waals surface area (Å²) < 4.78 is 35.0. The second-order valence-electron chi connectivity index (χ2n) is 7.60. The van der Waals surface area contributed by atoms with Gasteiger partial charge in [0.15, 0.2) is 0 Å². The van der Waals surface area contributed by atoms with Gasteiger partial charge in [-0.3, -0.25) is 10.1 Å². The highest BCUT2D eigenvalue weighted by Gasteiger charge is 2.40. The fourth-order valence-corrected chi connectivity index (χ4v) is 5.90. The molecule has 0 aliphatic carbocycles. The van der Waals surface area contributed by atoms with Crippen molar-refractivity contribution >= 4 is 32.4 Å². The summed E-state index contributed by atoms with van der Waals surface area (Å²) in [7, 11) is -3.96. The minimum absolute atomic E-state index is 0.114. The number of sulfonamides is 1. The van der Waals surface area contributed by atoms with Gasteiger partial charge in [-0.05, 0) is 31.0 Å². The van der Waals surface area contributed by atoms with Crippen LogP contribution in [0.5, 0.6) is 5.75 Å². The van der Waals surface area contributed by atoms with Crippen LogP contribution in [0.25, 0.3) is 0 Å². The van der Waals surface area contributed by atoms with Crippen LogP contribution in [0.4, 0.5) is 5.13 Å². The lowest BCUT2D eigenvalue weighted by Crippen LogP contribution is -2.44. The number of nitrogens with one attached hydrogen (secondary N) is 2. The van der Waals surface area contributed by atoms with Gasteiger partial charge in [-0.15, -0.1) is 10.2 Å². The van der Waals surface area contributed by atoms with Gasteiger partial charge in [0, 0.05) is 17.5 Å². The molecule has 10 heteroatoms. The van der Waals surface area contributed by atoms with E-state index in [4.69, 9.17) is 4.74 Å². The van der Waals surface area contributed by atoms with Gasteiger partial charge in [-0.25, -0.2) is 13.1 Å². The molecule has 0 unspecified atom stereocenters. The molecule has 0 fully saturated rings. The largest absolute Gasteiger partial charge is 0.487 e. The number of hydrogen-bond donors (Lipinski definition) is 2. The lowest BCUT2D eigenvalue weighted by atomic mass is 9.84. The number of hydrogen-bond acceptors (Lipinski definition) is 7. The molecule has 1 amide bonds. The molecule has 1 aliphatic heterocycles. The van der Waals surface area contributed by atoms with E-state index in [1.807, 2.05) is 38.1 Å². The van der Waals surface area contributed by atoms with Gasteiger partial charge in [-0.1, -0.05) is 61.6 Å². The Hall–Kier alpha value is -2.82. The third-order valence-corrected chi connectivity index (χ3v) is 8.35. The van der Waals surface area contributed by atoms with Crippen LogP contribution in [0.15, 0.2) is 58.9 Å². The molecule has 0 saturated heterocycles. The van der Waals surface area contributed by atoms with Crippen molar-refractivity contribution in [3.8, 4) is 5.75 Å². The summed E-state index contributed by atoms with van der Waals surface area (Å²) in [6.07, 6.45) is 2.02. The number of benzene rings is 2. The van der Waals surface area contributed by atoms with E-state index in [-0.39, 0.29) is 15.4 Å². The number of amides is 1. The number of carbonyl (C=O) groups is 1. The topological polar surface area (TPSA) is 110 Å². The minimum atomic E-state index is -3.96. The first-order chi connectivity index (χ1) is 15.4. The smallest absolute Gasteiger partial charge is 0.270 e. The van der Waals surface area contributed by atoms with Crippen molar-refractivity contribution in [3.05, 3.63) is 65.7 Å². The van der Waals surface area contributed by atoms with Gasteiger partial charge >= 0.3 is 0 Å². The number of nitrogens with zero attached hydrogens (tertiary/aromatic N) is 2. The Kier molecular flexibility index (Phi) is 6.27. The molecule has 3 aromatic rings. The molecule has 0 bridgehead atoms. The average molecular weight is 473 g/mol. The summed E-state index contributed by atoms with van der Waals surface area (Å²) in [4.78, 5) is 12.3. The molecule has 8 nitrogen and oxygen atoms in total. The third-order valence-electron chi connectivity index (χ3n) is 5.68. The maximum Gasteiger partial charge on any atom is 0.270 e. The number of anilines is 1. The summed E-state index contributed by atoms with van der Waals surface area (Å²) in [6, 6.07) is 15.6. The van der Waals surface area contributed by atoms with Gasteiger partial charge < -0.3 is 4.74 Å². The maximum absolute atomic E-state index is 13.1. The molecule has 0 spiro atoms. The van der Waals surface area contributed by atoms with Gasteiger partial charge in [0.05, 0.1) is 6.04 Å². The van der Waals surface area contributed by atoms with E-state index >= 15 is 0 Å². The number of para-hydroxylation sites is 1. The fraction of sp³-hybridized carbons (Fsp3) is 0.318. The zero-order chi connectivity index (χ0) is 22.8. The highest BCUT2D eigenvalue weighted by molar-refractivity contribution is 7.91. The molecule has 1 aliphatic rings. The Morgan fingerprint density at radius 2 is 1.78 bits per heavy atom. The highest BCUT2D eigenvalue weighted by Crippen LogP contribution is 2.43. The van der Waals surface area contributed by atoms with Crippen LogP contribution in [0.1, 0.15) is 55.1 Å². The van der Waals surface area contributed by atoms with Crippen molar-refractivity contribution in [1.82, 2.24) is 14.9 Å². The molecular weight excluding hydrogens is 448 g/mol. The first-order valence-electron chi connectivity index (χ1n) is 10.4. The van der Waals surface area contributed by atoms with Crippen molar-refractivity contribution in [1.29, 1.82) is 0 Å². The predicted molar refractivity (Wildman–Crippen MR) is 122 cm³/mol. The molecule has 4 rings (SSSR count). The summed E-state index contributed by atoms with van der Waals surface area (Å²) in [5, 5.41) is 10.4. The Morgan fingerprint density at radius 1 is 1.09 bits per heavy atom. The van der Waals surface area contributed by atoms with E-state index in [0.717, 1.165) is 29.7 Å². The van der Waals surface area contributed by atoms with Crippen LogP contribution in [-0.2, 0) is 10.0 Å². The van der Waals surface area contributed by atoms with E-state index in [0.29, 0.717) is 17.7 Å². The lowest BCUT2D eigenvalue weighted by molar-refractivity contribution is 0.0260. The van der Waals surface area contributed by atoms with Crippen molar-refractivity contribution < 1.29 is 17.9 Å². The van der Waals surface area contributed by atoms with Gasteiger partial charge in [0.1, 0.15) is 11.4 Å². The quantitative estimate of drug-likeness (QED) is 0.500. The van der Waals surface area contributed by atoms with E-state index in [9.17, 15) is 13.2 Å². The molecule has 2 heterocycles. The Morgan fingerprint density at radius 3 is 2.50 bits per heavy atom. The zero-order valence-electron chi connectivity index (χ0n) is 17.7. The number of fused-ring (bicyclic) bond motifs is 1. The normalized spacial score (nSPS) is 17.2. The van der Waals surface area contributed by atoms with Gasteiger partial charge in [-0.2, -0.15) is 0 Å². The Bertz CT molecular complexity index is 1210. The SMILES string of the molecule is CCC1(CC)C[C@@H](NS(=O)(=O)c2nnc(NC(=O)c3ccccc3)s2)c2ccccc2O1. The molecule has 32 heavy (non-hydrogen) atoms. The van der Waals surface area contributed by atoms with Crippen LogP contribution < -0.4 is 14.8 Å². The Labute approximate surface area is 191 Å². The standard InChI is InChI=1S/C22H24N4O4S2/c1-3-22(4-2)14-17(16-12-8-9-13-18(16)30-22)26-32(28,29)21-25-24-20(31-21)23-19(27)15-10-6-5-7-11-15/h5-13,17,26H,3-4,14H2,1-2H3,(H,23,24,27)/t17-/m1/s1. The first kappa shape index (κ1) is 22.4. The minimum Gasteiger partial charge on any atom is -0.487 e. The van der Waals surface area contributed by atoms with Crippen LogP contribution in [0, 0.1) is 0 Å². The van der Waals surface area contributed by atoms with Crippen molar-refractivity contribution in [2.45, 2.75) is 49.1 Å². The number of rotatable bonds is 7. The van der Waals surface area contributed by atoms with Crippen molar-refractivity contribution in [2.24, 2.45) is 0 Å². The molecule has 2 aromatic carbocycles. The summed E-state index contributed by atoms with van der Waals surface area (Å²) >= 11 is 0.808. The van der Waals surface area contributed by atoms with Crippen molar-refractivity contribution in [3.63, 3.8) is 0 Å². The molecule has 1 aromatic heterocycles. The van der Waals surface area contributed by atoms with Crippen LogP contribution in [0.2, 0.25) is 0 Å². The third kappa shape index (κ3) is 4.52. The highest BCUT2D eigenvalue weighted by atomic mass is 32.2. The number of ether oxygens (including phenoxy) is 1. The molecule has 0 radical (unpaired) electrons.